The van der Waals surface area contributed by atoms with Gasteiger partial charge in [0.2, 0.25) is 0 Å². The Morgan fingerprint density at radius 3 is 2.31 bits per heavy atom. The van der Waals surface area contributed by atoms with Gasteiger partial charge in [-0.1, -0.05) is 18.9 Å². The number of aliphatic carboxylic acids is 2. The minimum atomic E-state index is -1.17. The Morgan fingerprint density at radius 2 is 1.88 bits per heavy atom. The third-order valence-electron chi connectivity index (χ3n) is 2.87. The van der Waals surface area contributed by atoms with E-state index < -0.39 is 18.0 Å². The van der Waals surface area contributed by atoms with E-state index in [9.17, 15) is 9.59 Å². The molecule has 16 heavy (non-hydrogen) atoms. The van der Waals surface area contributed by atoms with Crippen LogP contribution in [0.3, 0.4) is 0 Å². The lowest BCUT2D eigenvalue weighted by atomic mass is 9.99. The van der Waals surface area contributed by atoms with E-state index in [4.69, 9.17) is 15.9 Å². The monoisotopic (exact) mass is 227 g/mol. The lowest BCUT2D eigenvalue weighted by Gasteiger charge is -2.09. The number of hydrogen-bond donors (Lipinski definition) is 3. The Balaban J connectivity index is 2.66. The van der Waals surface area contributed by atoms with Gasteiger partial charge in [0.25, 0.3) is 0 Å². The number of hydrogen-bond acceptors (Lipinski definition) is 3. The fourth-order valence-electron chi connectivity index (χ4n) is 1.96. The second-order valence-electron chi connectivity index (χ2n) is 4.19. The number of allylic oxidation sites excluding steroid dienone is 1. The molecular formula is C11H17NO4. The second-order valence-corrected chi connectivity index (χ2v) is 4.19. The van der Waals surface area contributed by atoms with E-state index in [1.54, 1.807) is 6.08 Å². The number of rotatable bonds is 5. The lowest BCUT2D eigenvalue weighted by molar-refractivity contribution is -0.138. The molecule has 1 fully saturated rings. The van der Waals surface area contributed by atoms with E-state index in [1.165, 1.54) is 0 Å². The topological polar surface area (TPSA) is 101 Å². The van der Waals surface area contributed by atoms with E-state index in [-0.39, 0.29) is 17.9 Å². The van der Waals surface area contributed by atoms with Crippen LogP contribution in [0.4, 0.5) is 0 Å². The summed E-state index contributed by atoms with van der Waals surface area (Å²) in [5, 5.41) is 17.6. The van der Waals surface area contributed by atoms with Crippen molar-refractivity contribution in [2.45, 2.75) is 38.1 Å². The van der Waals surface area contributed by atoms with Crippen molar-refractivity contribution in [1.82, 2.24) is 0 Å². The minimum absolute atomic E-state index is 0.110. The van der Waals surface area contributed by atoms with Crippen molar-refractivity contribution in [3.8, 4) is 0 Å². The Hall–Kier alpha value is -1.36. The van der Waals surface area contributed by atoms with Gasteiger partial charge in [0, 0.05) is 12.0 Å². The van der Waals surface area contributed by atoms with E-state index in [1.807, 2.05) is 0 Å². The highest BCUT2D eigenvalue weighted by atomic mass is 16.4. The van der Waals surface area contributed by atoms with Crippen LogP contribution in [0.1, 0.15) is 32.1 Å². The molecule has 1 aliphatic rings. The van der Waals surface area contributed by atoms with Gasteiger partial charge in [-0.3, -0.25) is 4.79 Å². The molecule has 0 aromatic rings. The van der Waals surface area contributed by atoms with Crippen molar-refractivity contribution in [2.75, 3.05) is 0 Å². The molecule has 5 heteroatoms. The van der Waals surface area contributed by atoms with Gasteiger partial charge in [0.05, 0.1) is 0 Å². The lowest BCUT2D eigenvalue weighted by Crippen LogP contribution is -2.31. The van der Waals surface area contributed by atoms with Crippen molar-refractivity contribution in [2.24, 2.45) is 11.7 Å². The van der Waals surface area contributed by atoms with E-state index in [0.29, 0.717) is 0 Å². The standard InChI is InChI=1S/C11H17NO4/c12-9(11(15)16)6-8(10(13)14)5-7-3-1-2-4-7/h5,7,9H,1-4,6,12H2,(H,13,14)(H,15,16)/b8-5-/t9-/m0/s1. The third-order valence-corrected chi connectivity index (χ3v) is 2.87. The van der Waals surface area contributed by atoms with Crippen LogP contribution in [0.2, 0.25) is 0 Å². The SMILES string of the molecule is N[C@@H](C/C(=C/C1CCCC1)C(=O)O)C(=O)O. The molecule has 0 aliphatic heterocycles. The molecule has 1 rings (SSSR count). The van der Waals surface area contributed by atoms with Gasteiger partial charge < -0.3 is 15.9 Å². The summed E-state index contributed by atoms with van der Waals surface area (Å²) in [5.41, 5.74) is 5.45. The van der Waals surface area contributed by atoms with Gasteiger partial charge in [-0.05, 0) is 18.8 Å². The average Bonchev–Trinajstić information content (AvgIpc) is 2.68. The summed E-state index contributed by atoms with van der Waals surface area (Å²) in [6.45, 7) is 0. The normalized spacial score (nSPS) is 19.7. The van der Waals surface area contributed by atoms with Gasteiger partial charge in [0.15, 0.2) is 0 Å². The first kappa shape index (κ1) is 12.7. The minimum Gasteiger partial charge on any atom is -0.480 e. The van der Waals surface area contributed by atoms with Gasteiger partial charge in [0.1, 0.15) is 6.04 Å². The van der Waals surface area contributed by atoms with Gasteiger partial charge in [-0.2, -0.15) is 0 Å². The third kappa shape index (κ3) is 3.66. The molecule has 0 aromatic heterocycles. The summed E-state index contributed by atoms with van der Waals surface area (Å²) >= 11 is 0. The summed E-state index contributed by atoms with van der Waals surface area (Å²) in [6, 6.07) is -1.14. The summed E-state index contributed by atoms with van der Waals surface area (Å²) in [4.78, 5) is 21.5. The molecule has 90 valence electrons. The molecule has 0 aromatic carbocycles. The largest absolute Gasteiger partial charge is 0.480 e. The fraction of sp³-hybridized carbons (Fsp3) is 0.636. The molecule has 0 saturated heterocycles. The summed E-state index contributed by atoms with van der Waals surface area (Å²) in [6.07, 6.45) is 5.76. The Morgan fingerprint density at radius 1 is 1.31 bits per heavy atom. The number of carboxylic acid groups (broad SMARTS) is 2. The van der Waals surface area contributed by atoms with Crippen LogP contribution in [0, 0.1) is 5.92 Å². The molecule has 1 aliphatic carbocycles. The molecule has 0 heterocycles. The predicted octanol–water partition coefficient (Wildman–Crippen LogP) is 0.990. The van der Waals surface area contributed by atoms with Crippen LogP contribution >= 0.6 is 0 Å². The van der Waals surface area contributed by atoms with Crippen molar-refractivity contribution < 1.29 is 19.8 Å². The molecule has 1 atom stereocenters. The molecular weight excluding hydrogens is 210 g/mol. The highest BCUT2D eigenvalue weighted by Crippen LogP contribution is 2.27. The first-order valence-corrected chi connectivity index (χ1v) is 5.43. The highest BCUT2D eigenvalue weighted by molar-refractivity contribution is 5.88. The summed E-state index contributed by atoms with van der Waals surface area (Å²) in [7, 11) is 0. The molecule has 4 N–H and O–H groups in total. The Kier molecular flexibility index (Phi) is 4.49. The molecule has 0 radical (unpaired) electrons. The predicted molar refractivity (Wildman–Crippen MR) is 57.9 cm³/mol. The second kappa shape index (κ2) is 5.65. The Bertz CT molecular complexity index is 305. The maximum absolute atomic E-state index is 10.9. The van der Waals surface area contributed by atoms with Crippen LogP contribution in [0.25, 0.3) is 0 Å². The van der Waals surface area contributed by atoms with Gasteiger partial charge >= 0.3 is 11.9 Å². The molecule has 0 spiro atoms. The maximum atomic E-state index is 10.9. The van der Waals surface area contributed by atoms with Gasteiger partial charge in [-0.25, -0.2) is 4.79 Å². The maximum Gasteiger partial charge on any atom is 0.331 e. The van der Waals surface area contributed by atoms with E-state index in [0.717, 1.165) is 25.7 Å². The average molecular weight is 227 g/mol. The van der Waals surface area contributed by atoms with Crippen LogP contribution < -0.4 is 5.73 Å². The molecule has 5 nitrogen and oxygen atoms in total. The number of carboxylic acids is 2. The van der Waals surface area contributed by atoms with Crippen LogP contribution in [0.5, 0.6) is 0 Å². The fourth-order valence-corrected chi connectivity index (χ4v) is 1.96. The molecule has 0 bridgehead atoms. The molecule has 0 unspecified atom stereocenters. The first-order valence-electron chi connectivity index (χ1n) is 5.43. The van der Waals surface area contributed by atoms with Crippen LogP contribution in [-0.4, -0.2) is 28.2 Å². The molecule has 1 saturated carbocycles. The smallest absolute Gasteiger partial charge is 0.331 e. The zero-order valence-electron chi connectivity index (χ0n) is 9.06. The van der Waals surface area contributed by atoms with Crippen molar-refractivity contribution in [3.05, 3.63) is 11.6 Å². The highest BCUT2D eigenvalue weighted by Gasteiger charge is 2.20. The first-order chi connectivity index (χ1) is 7.50. The number of nitrogens with two attached hydrogens (primary N) is 1. The Labute approximate surface area is 93.9 Å². The van der Waals surface area contributed by atoms with Crippen molar-refractivity contribution in [1.29, 1.82) is 0 Å². The van der Waals surface area contributed by atoms with Gasteiger partial charge in [-0.15, -0.1) is 0 Å². The van der Waals surface area contributed by atoms with Crippen molar-refractivity contribution >= 4 is 11.9 Å². The summed E-state index contributed by atoms with van der Waals surface area (Å²) < 4.78 is 0. The zero-order valence-corrected chi connectivity index (χ0v) is 9.06. The number of carbonyl (C=O) groups is 2. The van der Waals surface area contributed by atoms with Crippen molar-refractivity contribution in [3.63, 3.8) is 0 Å². The van der Waals surface area contributed by atoms with E-state index in [2.05, 4.69) is 0 Å². The zero-order chi connectivity index (χ0) is 12.1. The quantitative estimate of drug-likeness (QED) is 0.608. The van der Waals surface area contributed by atoms with Crippen LogP contribution in [0.15, 0.2) is 11.6 Å². The summed E-state index contributed by atoms with van der Waals surface area (Å²) in [5.74, 6) is -1.96. The molecule has 0 amide bonds. The van der Waals surface area contributed by atoms with Crippen LogP contribution in [-0.2, 0) is 9.59 Å². The van der Waals surface area contributed by atoms with E-state index >= 15 is 0 Å².